The van der Waals surface area contributed by atoms with Gasteiger partial charge in [0.25, 0.3) is 6.47 Å². The predicted molar refractivity (Wildman–Crippen MR) is 38.5 cm³/mol. The zero-order valence-corrected chi connectivity index (χ0v) is 5.95. The molecular weight excluding hydrogens is 128 g/mol. The molecule has 1 unspecified atom stereocenters. The molecule has 1 aliphatic rings. The summed E-state index contributed by atoms with van der Waals surface area (Å²) in [7, 11) is 0. The van der Waals surface area contributed by atoms with E-state index in [1.807, 2.05) is 0 Å². The topological polar surface area (TPSA) is 26.3 Å². The van der Waals surface area contributed by atoms with E-state index < -0.39 is 0 Å². The summed E-state index contributed by atoms with van der Waals surface area (Å²) in [5.41, 5.74) is 0. The van der Waals surface area contributed by atoms with Crippen LogP contribution in [0.1, 0.15) is 19.3 Å². The molecule has 0 radical (unpaired) electrons. The first-order chi connectivity index (χ1) is 4.93. The number of ether oxygens (including phenoxy) is 1. The molecule has 56 valence electrons. The largest absolute Gasteiger partial charge is 0.467 e. The van der Waals surface area contributed by atoms with E-state index in [1.165, 1.54) is 12.8 Å². The molecule has 0 heterocycles. The molecule has 0 spiro atoms. The molecule has 1 atom stereocenters. The van der Waals surface area contributed by atoms with Crippen molar-refractivity contribution in [3.05, 3.63) is 12.2 Å². The van der Waals surface area contributed by atoms with Gasteiger partial charge >= 0.3 is 0 Å². The Morgan fingerprint density at radius 2 is 2.60 bits per heavy atom. The SMILES string of the molecule is O=COCC1C=CCCC1. The molecule has 0 aromatic carbocycles. The van der Waals surface area contributed by atoms with Gasteiger partial charge in [-0.15, -0.1) is 0 Å². The Labute approximate surface area is 60.9 Å². The Bertz CT molecular complexity index is 129. The number of hydrogen-bond acceptors (Lipinski definition) is 2. The van der Waals surface area contributed by atoms with Gasteiger partial charge in [-0.3, -0.25) is 4.79 Å². The van der Waals surface area contributed by atoms with E-state index in [1.54, 1.807) is 0 Å². The van der Waals surface area contributed by atoms with Crippen LogP contribution in [0.3, 0.4) is 0 Å². The summed E-state index contributed by atoms with van der Waals surface area (Å²) in [6.45, 7) is 1.07. The van der Waals surface area contributed by atoms with Gasteiger partial charge in [0.05, 0.1) is 6.61 Å². The van der Waals surface area contributed by atoms with Crippen molar-refractivity contribution in [3.8, 4) is 0 Å². The second kappa shape index (κ2) is 4.09. The summed E-state index contributed by atoms with van der Waals surface area (Å²) in [4.78, 5) is 9.80. The van der Waals surface area contributed by atoms with Crippen molar-refractivity contribution in [2.75, 3.05) is 6.61 Å². The smallest absolute Gasteiger partial charge is 0.293 e. The van der Waals surface area contributed by atoms with Crippen LogP contribution >= 0.6 is 0 Å². The average Bonchev–Trinajstić information content (AvgIpc) is 2.03. The first-order valence-corrected chi connectivity index (χ1v) is 3.65. The van der Waals surface area contributed by atoms with Crippen LogP contribution in [0.5, 0.6) is 0 Å². The van der Waals surface area contributed by atoms with Crippen molar-refractivity contribution < 1.29 is 9.53 Å². The summed E-state index contributed by atoms with van der Waals surface area (Å²) in [6, 6.07) is 0. The minimum absolute atomic E-state index is 0.471. The average molecular weight is 140 g/mol. The zero-order valence-electron chi connectivity index (χ0n) is 5.95. The molecule has 1 rings (SSSR count). The standard InChI is InChI=1S/C8H12O2/c9-7-10-6-8-4-2-1-3-5-8/h2,4,7-8H,1,3,5-6H2. The number of allylic oxidation sites excluding steroid dienone is 1. The van der Waals surface area contributed by atoms with Gasteiger partial charge in [-0.25, -0.2) is 0 Å². The second-order valence-corrected chi connectivity index (χ2v) is 2.55. The van der Waals surface area contributed by atoms with E-state index in [2.05, 4.69) is 16.9 Å². The third kappa shape index (κ3) is 2.21. The Kier molecular flexibility index (Phi) is 3.00. The van der Waals surface area contributed by atoms with Crippen LogP contribution in [-0.2, 0) is 9.53 Å². The number of hydrogen-bond donors (Lipinski definition) is 0. The maximum atomic E-state index is 9.80. The summed E-state index contributed by atoms with van der Waals surface area (Å²) >= 11 is 0. The molecule has 0 aromatic rings. The fourth-order valence-corrected chi connectivity index (χ4v) is 1.18. The van der Waals surface area contributed by atoms with Crippen LogP contribution in [0.15, 0.2) is 12.2 Å². The van der Waals surface area contributed by atoms with Gasteiger partial charge in [0.1, 0.15) is 0 Å². The Morgan fingerprint density at radius 1 is 1.70 bits per heavy atom. The zero-order chi connectivity index (χ0) is 7.23. The van der Waals surface area contributed by atoms with Crippen LogP contribution in [0.2, 0.25) is 0 Å². The monoisotopic (exact) mass is 140 g/mol. The molecule has 10 heavy (non-hydrogen) atoms. The van der Waals surface area contributed by atoms with Crippen molar-refractivity contribution >= 4 is 6.47 Å². The summed E-state index contributed by atoms with van der Waals surface area (Å²) in [5.74, 6) is 0.471. The third-order valence-electron chi connectivity index (χ3n) is 1.73. The quantitative estimate of drug-likeness (QED) is 0.439. The highest BCUT2D eigenvalue weighted by Gasteiger charge is 2.07. The molecule has 2 heteroatoms. The minimum atomic E-state index is 0.471. The fraction of sp³-hybridized carbons (Fsp3) is 0.625. The fourth-order valence-electron chi connectivity index (χ4n) is 1.18. The molecule has 0 amide bonds. The Balaban J connectivity index is 2.19. The van der Waals surface area contributed by atoms with Crippen molar-refractivity contribution in [2.45, 2.75) is 19.3 Å². The number of carbonyl (C=O) groups is 1. The van der Waals surface area contributed by atoms with Crippen LogP contribution in [0.4, 0.5) is 0 Å². The van der Waals surface area contributed by atoms with Gasteiger partial charge in [-0.05, 0) is 19.3 Å². The Hall–Kier alpha value is -0.790. The van der Waals surface area contributed by atoms with E-state index >= 15 is 0 Å². The van der Waals surface area contributed by atoms with Crippen molar-refractivity contribution in [1.82, 2.24) is 0 Å². The summed E-state index contributed by atoms with van der Waals surface area (Å²) in [5, 5.41) is 0. The predicted octanol–water partition coefficient (Wildman–Crippen LogP) is 1.52. The van der Waals surface area contributed by atoms with E-state index in [0.717, 1.165) is 6.42 Å². The lowest BCUT2D eigenvalue weighted by Gasteiger charge is -2.13. The lowest BCUT2D eigenvalue weighted by molar-refractivity contribution is -0.129. The lowest BCUT2D eigenvalue weighted by Crippen LogP contribution is -2.08. The van der Waals surface area contributed by atoms with E-state index in [0.29, 0.717) is 19.0 Å². The lowest BCUT2D eigenvalue weighted by atomic mass is 9.97. The first kappa shape index (κ1) is 7.32. The van der Waals surface area contributed by atoms with Gasteiger partial charge in [-0.2, -0.15) is 0 Å². The summed E-state index contributed by atoms with van der Waals surface area (Å²) < 4.78 is 4.64. The van der Waals surface area contributed by atoms with E-state index in [9.17, 15) is 4.79 Å². The minimum Gasteiger partial charge on any atom is -0.467 e. The van der Waals surface area contributed by atoms with Crippen LogP contribution in [0, 0.1) is 5.92 Å². The Morgan fingerprint density at radius 3 is 3.20 bits per heavy atom. The second-order valence-electron chi connectivity index (χ2n) is 2.55. The van der Waals surface area contributed by atoms with Crippen molar-refractivity contribution in [3.63, 3.8) is 0 Å². The highest BCUT2D eigenvalue weighted by atomic mass is 16.5. The molecule has 0 bridgehead atoms. The molecule has 0 aliphatic heterocycles. The molecule has 0 N–H and O–H groups in total. The maximum absolute atomic E-state index is 9.80. The molecule has 0 aromatic heterocycles. The number of carbonyl (C=O) groups excluding carboxylic acids is 1. The highest BCUT2D eigenvalue weighted by Crippen LogP contribution is 2.16. The van der Waals surface area contributed by atoms with Gasteiger partial charge in [0.15, 0.2) is 0 Å². The number of rotatable bonds is 3. The third-order valence-corrected chi connectivity index (χ3v) is 1.73. The molecule has 2 nitrogen and oxygen atoms in total. The first-order valence-electron chi connectivity index (χ1n) is 3.65. The van der Waals surface area contributed by atoms with Crippen molar-refractivity contribution in [1.29, 1.82) is 0 Å². The highest BCUT2D eigenvalue weighted by molar-refractivity contribution is 5.36. The molecule has 0 saturated carbocycles. The van der Waals surface area contributed by atoms with E-state index in [-0.39, 0.29) is 0 Å². The maximum Gasteiger partial charge on any atom is 0.293 e. The van der Waals surface area contributed by atoms with E-state index in [4.69, 9.17) is 0 Å². The molecular formula is C8H12O2. The summed E-state index contributed by atoms with van der Waals surface area (Å²) in [6.07, 6.45) is 7.85. The van der Waals surface area contributed by atoms with Gasteiger partial charge in [-0.1, -0.05) is 12.2 Å². The van der Waals surface area contributed by atoms with Crippen LogP contribution < -0.4 is 0 Å². The molecule has 0 saturated heterocycles. The van der Waals surface area contributed by atoms with Crippen LogP contribution in [-0.4, -0.2) is 13.1 Å². The van der Waals surface area contributed by atoms with Gasteiger partial charge in [0.2, 0.25) is 0 Å². The van der Waals surface area contributed by atoms with Crippen molar-refractivity contribution in [2.24, 2.45) is 5.92 Å². The molecule has 0 fully saturated rings. The van der Waals surface area contributed by atoms with Gasteiger partial charge in [0, 0.05) is 5.92 Å². The van der Waals surface area contributed by atoms with Crippen LogP contribution in [0.25, 0.3) is 0 Å². The van der Waals surface area contributed by atoms with Gasteiger partial charge < -0.3 is 4.74 Å². The molecule has 1 aliphatic carbocycles. The normalized spacial score (nSPS) is 24.2.